The summed E-state index contributed by atoms with van der Waals surface area (Å²) in [5.74, 6) is 1.39. The molecule has 0 bridgehead atoms. The molecule has 0 heterocycles. The molecule has 135 valence electrons. The second kappa shape index (κ2) is 9.38. The van der Waals surface area contributed by atoms with Gasteiger partial charge in [0.1, 0.15) is 0 Å². The molecule has 0 unspecified atom stereocenters. The molecule has 0 saturated heterocycles. The first-order valence-electron chi connectivity index (χ1n) is 6.97. The fraction of sp³-hybridized carbons (Fsp3) is 0.222. The molecular formula is C18H17F2O4Os. The Balaban J connectivity index is 0.00000312. The number of halogens is 2. The van der Waals surface area contributed by atoms with Crippen molar-refractivity contribution >= 4 is 5.57 Å². The van der Waals surface area contributed by atoms with Crippen LogP contribution in [0.15, 0.2) is 36.4 Å². The summed E-state index contributed by atoms with van der Waals surface area (Å²) >= 11 is 0. The Bertz CT molecular complexity index is 716. The van der Waals surface area contributed by atoms with Crippen LogP contribution < -0.4 is 18.9 Å². The molecule has 0 aromatic heterocycles. The van der Waals surface area contributed by atoms with E-state index < -0.39 is 6.08 Å². The molecule has 0 aliphatic carbocycles. The molecule has 0 N–H and O–H groups in total. The number of methoxy groups -OCH3 is 4. The summed E-state index contributed by atoms with van der Waals surface area (Å²) in [6.07, 6.45) is -1.83. The van der Waals surface area contributed by atoms with Gasteiger partial charge >= 0.3 is 19.8 Å². The van der Waals surface area contributed by atoms with Crippen molar-refractivity contribution in [3.05, 3.63) is 53.6 Å². The molecule has 0 aliphatic rings. The Morgan fingerprint density at radius 3 is 1.80 bits per heavy atom. The normalized spacial score (nSPS) is 9.68. The van der Waals surface area contributed by atoms with Gasteiger partial charge in [0.25, 0.3) is 6.08 Å². The van der Waals surface area contributed by atoms with Crippen LogP contribution in [0.5, 0.6) is 23.0 Å². The van der Waals surface area contributed by atoms with Crippen LogP contribution in [0.2, 0.25) is 0 Å². The average molecular weight is 526 g/mol. The smallest absolute Gasteiger partial charge is 0.523 e. The van der Waals surface area contributed by atoms with Crippen molar-refractivity contribution < 1.29 is 47.5 Å². The van der Waals surface area contributed by atoms with Crippen molar-refractivity contribution in [3.8, 4) is 23.0 Å². The zero-order valence-electron chi connectivity index (χ0n) is 14.1. The van der Waals surface area contributed by atoms with Crippen LogP contribution in [-0.2, 0) is 19.8 Å². The number of ether oxygens (including phenoxy) is 4. The predicted octanol–water partition coefficient (Wildman–Crippen LogP) is 4.17. The van der Waals surface area contributed by atoms with Crippen LogP contribution in [0, 0.1) is 6.07 Å². The molecule has 0 atom stereocenters. The second-order valence-corrected chi connectivity index (χ2v) is 4.70. The van der Waals surface area contributed by atoms with Gasteiger partial charge in [-0.25, -0.2) is 0 Å². The molecule has 1 radical (unpaired) electrons. The maximum absolute atomic E-state index is 13.6. The van der Waals surface area contributed by atoms with Crippen LogP contribution >= 0.6 is 0 Å². The van der Waals surface area contributed by atoms with E-state index in [9.17, 15) is 8.78 Å². The first-order chi connectivity index (χ1) is 11.5. The van der Waals surface area contributed by atoms with E-state index in [1.54, 1.807) is 6.07 Å². The Morgan fingerprint density at radius 1 is 0.840 bits per heavy atom. The number of rotatable bonds is 6. The standard InChI is InChI=1S/C18H17F2O4.Os/c1-21-13-7-5-11(6-8-13)16(18(19)20)12-9-14(22-2)17(24-4)15(10-12)23-3;/h5-7,9-10H,1-4H3;/q-1;+1. The maximum atomic E-state index is 13.6. The van der Waals surface area contributed by atoms with Crippen molar-refractivity contribution in [2.24, 2.45) is 0 Å². The minimum atomic E-state index is -1.83. The molecule has 0 spiro atoms. The summed E-state index contributed by atoms with van der Waals surface area (Å²) in [5.41, 5.74) is 0.293. The van der Waals surface area contributed by atoms with E-state index in [2.05, 4.69) is 6.07 Å². The minimum absolute atomic E-state index is 0. The predicted molar refractivity (Wildman–Crippen MR) is 86.2 cm³/mol. The van der Waals surface area contributed by atoms with Gasteiger partial charge in [0.2, 0.25) is 5.75 Å². The summed E-state index contributed by atoms with van der Waals surface area (Å²) in [5, 5.41) is 0. The summed E-state index contributed by atoms with van der Waals surface area (Å²) in [6, 6.07) is 10.3. The van der Waals surface area contributed by atoms with Crippen LogP contribution in [0.1, 0.15) is 11.1 Å². The van der Waals surface area contributed by atoms with Crippen LogP contribution in [0.4, 0.5) is 8.78 Å². The molecule has 0 aliphatic heterocycles. The third-order valence-corrected chi connectivity index (χ3v) is 3.44. The molecule has 0 fully saturated rings. The van der Waals surface area contributed by atoms with Gasteiger partial charge in [-0.2, -0.15) is 20.9 Å². The SMILES string of the molecule is COc1[c-]cc(C(=C(F)F)c2cc(OC)c(OC)c(OC)c2)cc1.[Os+]. The first kappa shape index (κ1) is 20.9. The van der Waals surface area contributed by atoms with Crippen molar-refractivity contribution in [2.75, 3.05) is 28.4 Å². The summed E-state index contributed by atoms with van der Waals surface area (Å²) in [4.78, 5) is 0. The van der Waals surface area contributed by atoms with Gasteiger partial charge in [0, 0.05) is 5.75 Å². The van der Waals surface area contributed by atoms with E-state index in [4.69, 9.17) is 18.9 Å². The van der Waals surface area contributed by atoms with E-state index in [0.29, 0.717) is 28.6 Å². The quantitative estimate of drug-likeness (QED) is 0.531. The molecule has 2 aromatic rings. The van der Waals surface area contributed by atoms with E-state index in [1.807, 2.05) is 0 Å². The Labute approximate surface area is 158 Å². The van der Waals surface area contributed by atoms with Crippen molar-refractivity contribution in [2.45, 2.75) is 0 Å². The van der Waals surface area contributed by atoms with E-state index in [-0.39, 0.29) is 30.9 Å². The zero-order valence-corrected chi connectivity index (χ0v) is 16.7. The molecule has 25 heavy (non-hydrogen) atoms. The number of hydrogen-bond donors (Lipinski definition) is 0. The molecule has 2 rings (SSSR count). The van der Waals surface area contributed by atoms with Gasteiger partial charge in [-0.15, -0.1) is 17.7 Å². The third kappa shape index (κ3) is 4.49. The maximum Gasteiger partial charge on any atom is 1.00 e. The molecule has 0 amide bonds. The van der Waals surface area contributed by atoms with Crippen LogP contribution in [-0.4, -0.2) is 28.4 Å². The summed E-state index contributed by atoms with van der Waals surface area (Å²) < 4.78 is 47.9. The van der Waals surface area contributed by atoms with Crippen molar-refractivity contribution in [1.29, 1.82) is 0 Å². The van der Waals surface area contributed by atoms with Gasteiger partial charge in [-0.1, -0.05) is 0 Å². The molecule has 7 heteroatoms. The zero-order chi connectivity index (χ0) is 17.7. The number of benzene rings is 2. The molecular weight excluding hydrogens is 508 g/mol. The van der Waals surface area contributed by atoms with Gasteiger partial charge in [-0.3, -0.25) is 0 Å². The third-order valence-electron chi connectivity index (χ3n) is 3.44. The van der Waals surface area contributed by atoms with E-state index in [0.717, 1.165) is 0 Å². The van der Waals surface area contributed by atoms with Crippen molar-refractivity contribution in [3.63, 3.8) is 0 Å². The van der Waals surface area contributed by atoms with E-state index >= 15 is 0 Å². The van der Waals surface area contributed by atoms with Crippen molar-refractivity contribution in [1.82, 2.24) is 0 Å². The first-order valence-corrected chi connectivity index (χ1v) is 6.97. The Morgan fingerprint density at radius 2 is 1.44 bits per heavy atom. The fourth-order valence-electron chi connectivity index (χ4n) is 2.30. The fourth-order valence-corrected chi connectivity index (χ4v) is 2.30. The topological polar surface area (TPSA) is 36.9 Å². The second-order valence-electron chi connectivity index (χ2n) is 4.70. The van der Waals surface area contributed by atoms with Gasteiger partial charge in [0.05, 0.1) is 28.4 Å². The number of hydrogen-bond acceptors (Lipinski definition) is 4. The largest absolute Gasteiger partial charge is 1.00 e. The molecule has 4 nitrogen and oxygen atoms in total. The molecule has 2 aromatic carbocycles. The van der Waals surface area contributed by atoms with Crippen LogP contribution in [0.25, 0.3) is 5.57 Å². The summed E-state index contributed by atoms with van der Waals surface area (Å²) in [7, 11) is 5.79. The molecule has 0 saturated carbocycles. The van der Waals surface area contributed by atoms with Gasteiger partial charge in [0.15, 0.2) is 11.5 Å². The van der Waals surface area contributed by atoms with Gasteiger partial charge in [-0.05, 0) is 23.3 Å². The van der Waals surface area contributed by atoms with Crippen LogP contribution in [0.3, 0.4) is 0 Å². The summed E-state index contributed by atoms with van der Waals surface area (Å²) in [6.45, 7) is 0. The average Bonchev–Trinajstić information content (AvgIpc) is 2.61. The Hall–Kier alpha value is -2.12. The Kier molecular flexibility index (Phi) is 7.85. The van der Waals surface area contributed by atoms with Gasteiger partial charge < -0.3 is 18.9 Å². The van der Waals surface area contributed by atoms with E-state index in [1.165, 1.54) is 52.7 Å². The minimum Gasteiger partial charge on any atom is -0.523 e. The monoisotopic (exact) mass is 527 g/mol.